The first-order valence-electron chi connectivity index (χ1n) is 4.74. The van der Waals surface area contributed by atoms with E-state index in [1.165, 1.54) is 4.70 Å². The molecule has 0 bridgehead atoms. The lowest BCUT2D eigenvalue weighted by atomic mass is 10.3. The van der Waals surface area contributed by atoms with Gasteiger partial charge in [0.25, 0.3) is 0 Å². The standard InChI is InChI=1S/C9H11N3OS/c1-6-14-8-7(1)13-11-9(8)12-4-2-10-3-5-12/h1,6,10H,2-5H2. The van der Waals surface area contributed by atoms with Gasteiger partial charge in [-0.2, -0.15) is 0 Å². The van der Waals surface area contributed by atoms with Gasteiger partial charge in [0.2, 0.25) is 0 Å². The molecule has 5 heteroatoms. The Morgan fingerprint density at radius 1 is 1.43 bits per heavy atom. The number of aromatic nitrogens is 1. The highest BCUT2D eigenvalue weighted by atomic mass is 32.1. The van der Waals surface area contributed by atoms with Crippen molar-refractivity contribution in [2.45, 2.75) is 0 Å². The van der Waals surface area contributed by atoms with Gasteiger partial charge in [-0.3, -0.25) is 0 Å². The molecule has 4 nitrogen and oxygen atoms in total. The van der Waals surface area contributed by atoms with Gasteiger partial charge in [0, 0.05) is 26.2 Å². The summed E-state index contributed by atoms with van der Waals surface area (Å²) in [5, 5.41) is 9.48. The molecule has 0 saturated carbocycles. The van der Waals surface area contributed by atoms with Crippen LogP contribution in [0.25, 0.3) is 10.3 Å². The Labute approximate surface area is 85.5 Å². The zero-order chi connectivity index (χ0) is 9.38. The average molecular weight is 209 g/mol. The van der Waals surface area contributed by atoms with Crippen LogP contribution < -0.4 is 10.2 Å². The van der Waals surface area contributed by atoms with E-state index in [0.29, 0.717) is 0 Å². The number of rotatable bonds is 1. The lowest BCUT2D eigenvalue weighted by molar-refractivity contribution is 0.451. The minimum Gasteiger partial charge on any atom is -0.353 e. The number of nitrogens with zero attached hydrogens (tertiary/aromatic N) is 2. The minimum absolute atomic E-state index is 0.906. The van der Waals surface area contributed by atoms with Crippen LogP contribution in [0.3, 0.4) is 0 Å². The second kappa shape index (κ2) is 3.25. The number of anilines is 1. The van der Waals surface area contributed by atoms with Crippen LogP contribution in [0.1, 0.15) is 0 Å². The fourth-order valence-electron chi connectivity index (χ4n) is 1.74. The van der Waals surface area contributed by atoms with E-state index >= 15 is 0 Å². The molecule has 2 aromatic rings. The van der Waals surface area contributed by atoms with Crippen LogP contribution in [-0.2, 0) is 0 Å². The van der Waals surface area contributed by atoms with Crippen LogP contribution in [0.15, 0.2) is 16.0 Å². The van der Waals surface area contributed by atoms with Crippen molar-refractivity contribution in [3.05, 3.63) is 11.4 Å². The van der Waals surface area contributed by atoms with E-state index in [0.717, 1.165) is 37.6 Å². The van der Waals surface area contributed by atoms with Gasteiger partial charge < -0.3 is 14.7 Å². The van der Waals surface area contributed by atoms with E-state index in [-0.39, 0.29) is 0 Å². The summed E-state index contributed by atoms with van der Waals surface area (Å²) in [6, 6.07) is 1.97. The van der Waals surface area contributed by atoms with Crippen molar-refractivity contribution in [2.24, 2.45) is 0 Å². The Morgan fingerprint density at radius 3 is 3.14 bits per heavy atom. The molecule has 1 N–H and O–H groups in total. The van der Waals surface area contributed by atoms with E-state index in [4.69, 9.17) is 4.52 Å². The summed E-state index contributed by atoms with van der Waals surface area (Å²) in [6.07, 6.45) is 0. The number of hydrogen-bond donors (Lipinski definition) is 1. The number of thiophene rings is 1. The second-order valence-electron chi connectivity index (χ2n) is 3.36. The molecule has 1 fully saturated rings. The molecule has 0 aromatic carbocycles. The Hall–Kier alpha value is -1.07. The summed E-state index contributed by atoms with van der Waals surface area (Å²) in [5.74, 6) is 1.01. The molecule has 0 spiro atoms. The Balaban J connectivity index is 1.99. The third kappa shape index (κ3) is 1.20. The van der Waals surface area contributed by atoms with Crippen molar-refractivity contribution in [1.82, 2.24) is 10.5 Å². The van der Waals surface area contributed by atoms with E-state index < -0.39 is 0 Å². The van der Waals surface area contributed by atoms with E-state index in [9.17, 15) is 0 Å². The smallest absolute Gasteiger partial charge is 0.190 e. The van der Waals surface area contributed by atoms with Crippen LogP contribution in [0.5, 0.6) is 0 Å². The van der Waals surface area contributed by atoms with E-state index in [1.54, 1.807) is 11.3 Å². The largest absolute Gasteiger partial charge is 0.353 e. The monoisotopic (exact) mass is 209 g/mol. The molecular formula is C9H11N3OS. The predicted molar refractivity (Wildman–Crippen MR) is 57.0 cm³/mol. The molecule has 0 radical (unpaired) electrons. The van der Waals surface area contributed by atoms with Crippen LogP contribution in [0.2, 0.25) is 0 Å². The van der Waals surface area contributed by atoms with Crippen molar-refractivity contribution in [2.75, 3.05) is 31.1 Å². The lowest BCUT2D eigenvalue weighted by Crippen LogP contribution is -2.43. The van der Waals surface area contributed by atoms with Gasteiger partial charge in [0.15, 0.2) is 11.4 Å². The van der Waals surface area contributed by atoms with Crippen molar-refractivity contribution in [3.63, 3.8) is 0 Å². The van der Waals surface area contributed by atoms with Gasteiger partial charge in [0.1, 0.15) is 4.70 Å². The fraction of sp³-hybridized carbons (Fsp3) is 0.444. The van der Waals surface area contributed by atoms with Gasteiger partial charge in [-0.1, -0.05) is 5.16 Å². The molecule has 2 aromatic heterocycles. The molecule has 0 atom stereocenters. The Bertz CT molecular complexity index is 430. The SMILES string of the molecule is c1cc2onc(N3CCNCC3)c2s1. The van der Waals surface area contributed by atoms with Crippen molar-refractivity contribution in [1.29, 1.82) is 0 Å². The molecular weight excluding hydrogens is 198 g/mol. The van der Waals surface area contributed by atoms with Crippen LogP contribution in [-0.4, -0.2) is 31.3 Å². The second-order valence-corrected chi connectivity index (χ2v) is 4.27. The minimum atomic E-state index is 0.906. The van der Waals surface area contributed by atoms with Gasteiger partial charge in [-0.15, -0.1) is 11.3 Å². The van der Waals surface area contributed by atoms with Gasteiger partial charge in [0.05, 0.1) is 0 Å². The van der Waals surface area contributed by atoms with Crippen molar-refractivity contribution in [3.8, 4) is 0 Å². The number of fused-ring (bicyclic) bond motifs is 1. The molecule has 74 valence electrons. The molecule has 0 amide bonds. The summed E-state index contributed by atoms with van der Waals surface area (Å²) in [5.41, 5.74) is 0.906. The third-order valence-electron chi connectivity index (χ3n) is 2.48. The number of piperazine rings is 1. The topological polar surface area (TPSA) is 41.3 Å². The molecule has 0 unspecified atom stereocenters. The maximum atomic E-state index is 5.24. The molecule has 0 aliphatic carbocycles. The Morgan fingerprint density at radius 2 is 2.29 bits per heavy atom. The quantitative estimate of drug-likeness (QED) is 0.768. The first-order chi connectivity index (χ1) is 6.95. The van der Waals surface area contributed by atoms with E-state index in [2.05, 4.69) is 15.4 Å². The predicted octanol–water partition coefficient (Wildman–Crippen LogP) is 1.30. The Kier molecular flexibility index (Phi) is 1.92. The normalized spacial score (nSPS) is 17.9. The van der Waals surface area contributed by atoms with Gasteiger partial charge >= 0.3 is 0 Å². The summed E-state index contributed by atoms with van der Waals surface area (Å²) < 4.78 is 6.41. The summed E-state index contributed by atoms with van der Waals surface area (Å²) in [6.45, 7) is 4.08. The van der Waals surface area contributed by atoms with Gasteiger partial charge in [-0.05, 0) is 11.4 Å². The highest BCUT2D eigenvalue weighted by Crippen LogP contribution is 2.30. The number of hydrogen-bond acceptors (Lipinski definition) is 5. The third-order valence-corrected chi connectivity index (χ3v) is 3.37. The highest BCUT2D eigenvalue weighted by molar-refractivity contribution is 7.17. The molecule has 3 rings (SSSR count). The van der Waals surface area contributed by atoms with Gasteiger partial charge in [-0.25, -0.2) is 0 Å². The molecule has 14 heavy (non-hydrogen) atoms. The lowest BCUT2D eigenvalue weighted by Gasteiger charge is -2.26. The van der Waals surface area contributed by atoms with Crippen molar-refractivity contribution < 1.29 is 4.52 Å². The molecule has 3 heterocycles. The summed E-state index contributed by atoms with van der Waals surface area (Å²) in [7, 11) is 0. The summed E-state index contributed by atoms with van der Waals surface area (Å²) >= 11 is 1.70. The molecule has 1 aliphatic heterocycles. The highest BCUT2D eigenvalue weighted by Gasteiger charge is 2.18. The maximum Gasteiger partial charge on any atom is 0.190 e. The number of nitrogens with one attached hydrogen (secondary N) is 1. The van der Waals surface area contributed by atoms with Crippen molar-refractivity contribution >= 4 is 27.4 Å². The molecule has 1 aliphatic rings. The van der Waals surface area contributed by atoms with Crippen LogP contribution >= 0.6 is 11.3 Å². The van der Waals surface area contributed by atoms with E-state index in [1.807, 2.05) is 11.4 Å². The molecule has 1 saturated heterocycles. The first-order valence-corrected chi connectivity index (χ1v) is 5.61. The average Bonchev–Trinajstić information content (AvgIpc) is 2.79. The maximum absolute atomic E-state index is 5.24. The zero-order valence-corrected chi connectivity index (χ0v) is 8.51. The van der Waals surface area contributed by atoms with Crippen LogP contribution in [0, 0.1) is 0 Å². The summed E-state index contributed by atoms with van der Waals surface area (Å²) in [4.78, 5) is 2.28. The van der Waals surface area contributed by atoms with Crippen LogP contribution in [0.4, 0.5) is 5.82 Å². The zero-order valence-electron chi connectivity index (χ0n) is 7.69. The fourth-order valence-corrected chi connectivity index (χ4v) is 2.57. The first kappa shape index (κ1) is 8.26.